The zero-order chi connectivity index (χ0) is 12.8. The molecule has 2 heteroatoms. The van der Waals surface area contributed by atoms with Crippen molar-refractivity contribution in [2.75, 3.05) is 6.54 Å². The van der Waals surface area contributed by atoms with Crippen LogP contribution in [0.4, 0.5) is 0 Å². The number of hydrogen-bond acceptors (Lipinski definition) is 2. The van der Waals surface area contributed by atoms with E-state index in [4.69, 9.17) is 4.42 Å². The third-order valence-corrected chi connectivity index (χ3v) is 4.42. The third-order valence-electron chi connectivity index (χ3n) is 4.42. The minimum atomic E-state index is 0.638. The van der Waals surface area contributed by atoms with Crippen LogP contribution in [0.2, 0.25) is 0 Å². The standard InChI is InChI=1S/C16H27NO/c1-3-8-17-16(11-14-7-9-18-12-14)15-6-5-13(4-2)10-15/h7,9,12-13,15-17H,3-6,8,10-11H2,1-2H3. The van der Waals surface area contributed by atoms with Crippen LogP contribution >= 0.6 is 0 Å². The van der Waals surface area contributed by atoms with Gasteiger partial charge in [-0.05, 0) is 55.7 Å². The Morgan fingerprint density at radius 2 is 2.28 bits per heavy atom. The molecule has 2 nitrogen and oxygen atoms in total. The lowest BCUT2D eigenvalue weighted by Gasteiger charge is -2.24. The van der Waals surface area contributed by atoms with Crippen molar-refractivity contribution in [3.63, 3.8) is 0 Å². The summed E-state index contributed by atoms with van der Waals surface area (Å²) in [5.41, 5.74) is 1.34. The van der Waals surface area contributed by atoms with Gasteiger partial charge in [0.05, 0.1) is 12.5 Å². The van der Waals surface area contributed by atoms with Gasteiger partial charge in [0, 0.05) is 6.04 Å². The third kappa shape index (κ3) is 3.61. The molecule has 1 fully saturated rings. The first-order valence-electron chi connectivity index (χ1n) is 7.57. The predicted octanol–water partition coefficient (Wildman–Crippen LogP) is 4.02. The summed E-state index contributed by atoms with van der Waals surface area (Å²) in [6.45, 7) is 5.71. The van der Waals surface area contributed by atoms with Gasteiger partial charge >= 0.3 is 0 Å². The van der Waals surface area contributed by atoms with E-state index in [1.807, 2.05) is 6.26 Å². The molecule has 1 aliphatic rings. The Morgan fingerprint density at radius 1 is 1.39 bits per heavy atom. The molecule has 1 aliphatic carbocycles. The van der Waals surface area contributed by atoms with E-state index in [1.165, 1.54) is 37.7 Å². The van der Waals surface area contributed by atoms with Crippen LogP contribution in [0.1, 0.15) is 51.5 Å². The van der Waals surface area contributed by atoms with E-state index in [9.17, 15) is 0 Å². The molecular formula is C16H27NO. The highest BCUT2D eigenvalue weighted by Crippen LogP contribution is 2.35. The Kier molecular flexibility index (Phi) is 5.30. The fourth-order valence-corrected chi connectivity index (χ4v) is 3.25. The van der Waals surface area contributed by atoms with Crippen LogP contribution in [0, 0.1) is 11.8 Å². The molecule has 3 unspecified atom stereocenters. The van der Waals surface area contributed by atoms with Gasteiger partial charge in [-0.25, -0.2) is 0 Å². The van der Waals surface area contributed by atoms with E-state index in [0.717, 1.165) is 24.8 Å². The van der Waals surface area contributed by atoms with Crippen LogP contribution in [0.25, 0.3) is 0 Å². The van der Waals surface area contributed by atoms with E-state index in [2.05, 4.69) is 25.2 Å². The normalized spacial score (nSPS) is 25.4. The van der Waals surface area contributed by atoms with Gasteiger partial charge in [-0.1, -0.05) is 26.7 Å². The van der Waals surface area contributed by atoms with Crippen molar-refractivity contribution in [2.24, 2.45) is 11.8 Å². The Morgan fingerprint density at radius 3 is 2.89 bits per heavy atom. The van der Waals surface area contributed by atoms with Crippen LogP contribution in [0.5, 0.6) is 0 Å². The lowest BCUT2D eigenvalue weighted by molar-refractivity contribution is 0.343. The van der Waals surface area contributed by atoms with Crippen LogP contribution in [-0.2, 0) is 6.42 Å². The molecule has 1 heterocycles. The maximum atomic E-state index is 5.20. The van der Waals surface area contributed by atoms with Crippen molar-refractivity contribution in [1.82, 2.24) is 5.32 Å². The summed E-state index contributed by atoms with van der Waals surface area (Å²) in [4.78, 5) is 0. The van der Waals surface area contributed by atoms with E-state index in [-0.39, 0.29) is 0 Å². The molecule has 0 saturated heterocycles. The molecule has 0 spiro atoms. The topological polar surface area (TPSA) is 25.2 Å². The SMILES string of the molecule is CCCNC(Cc1ccoc1)C1CCC(CC)C1. The zero-order valence-corrected chi connectivity index (χ0v) is 11.8. The number of nitrogens with one attached hydrogen (secondary N) is 1. The maximum Gasteiger partial charge on any atom is 0.0935 e. The first kappa shape index (κ1) is 13.7. The minimum absolute atomic E-state index is 0.638. The molecule has 2 rings (SSSR count). The lowest BCUT2D eigenvalue weighted by Crippen LogP contribution is -2.37. The van der Waals surface area contributed by atoms with Crippen molar-refractivity contribution < 1.29 is 4.42 Å². The zero-order valence-electron chi connectivity index (χ0n) is 11.8. The van der Waals surface area contributed by atoms with Crippen LogP contribution in [0.15, 0.2) is 23.0 Å². The second-order valence-corrected chi connectivity index (χ2v) is 5.74. The van der Waals surface area contributed by atoms with Gasteiger partial charge in [-0.2, -0.15) is 0 Å². The average molecular weight is 249 g/mol. The molecule has 0 radical (unpaired) electrons. The second-order valence-electron chi connectivity index (χ2n) is 5.74. The van der Waals surface area contributed by atoms with Crippen molar-refractivity contribution in [1.29, 1.82) is 0 Å². The van der Waals surface area contributed by atoms with Gasteiger partial charge in [-0.3, -0.25) is 0 Å². The predicted molar refractivity (Wildman–Crippen MR) is 75.6 cm³/mol. The van der Waals surface area contributed by atoms with Crippen molar-refractivity contribution >= 4 is 0 Å². The van der Waals surface area contributed by atoms with Crippen LogP contribution in [0.3, 0.4) is 0 Å². The fraction of sp³-hybridized carbons (Fsp3) is 0.750. The summed E-state index contributed by atoms with van der Waals surface area (Å²) in [6.07, 6.45) is 11.6. The monoisotopic (exact) mass is 249 g/mol. The van der Waals surface area contributed by atoms with Crippen LogP contribution in [-0.4, -0.2) is 12.6 Å². The fourth-order valence-electron chi connectivity index (χ4n) is 3.25. The first-order valence-corrected chi connectivity index (χ1v) is 7.57. The molecule has 0 bridgehead atoms. The molecule has 1 aromatic heterocycles. The quantitative estimate of drug-likeness (QED) is 0.789. The number of furan rings is 1. The molecule has 1 saturated carbocycles. The Hall–Kier alpha value is -0.760. The van der Waals surface area contributed by atoms with Gasteiger partial charge in [0.15, 0.2) is 0 Å². The smallest absolute Gasteiger partial charge is 0.0935 e. The highest BCUT2D eigenvalue weighted by Gasteiger charge is 2.29. The summed E-state index contributed by atoms with van der Waals surface area (Å²) in [7, 11) is 0. The lowest BCUT2D eigenvalue weighted by atomic mass is 9.91. The van der Waals surface area contributed by atoms with Crippen molar-refractivity contribution in [2.45, 2.75) is 58.4 Å². The van der Waals surface area contributed by atoms with Gasteiger partial charge < -0.3 is 9.73 Å². The molecular weight excluding hydrogens is 222 g/mol. The van der Waals surface area contributed by atoms with E-state index in [1.54, 1.807) is 6.26 Å². The molecule has 1 aromatic rings. The summed E-state index contributed by atoms with van der Waals surface area (Å²) in [6, 6.07) is 2.74. The molecule has 1 N–H and O–H groups in total. The molecule has 18 heavy (non-hydrogen) atoms. The molecule has 0 amide bonds. The number of hydrogen-bond donors (Lipinski definition) is 1. The molecule has 102 valence electrons. The van der Waals surface area contributed by atoms with E-state index in [0.29, 0.717) is 6.04 Å². The maximum absolute atomic E-state index is 5.20. The molecule has 3 atom stereocenters. The van der Waals surface area contributed by atoms with Gasteiger partial charge in [-0.15, -0.1) is 0 Å². The van der Waals surface area contributed by atoms with Gasteiger partial charge in [0.2, 0.25) is 0 Å². The molecule has 0 aromatic carbocycles. The summed E-state index contributed by atoms with van der Waals surface area (Å²) in [5, 5.41) is 3.75. The number of rotatable bonds is 7. The first-order chi connectivity index (χ1) is 8.83. The Balaban J connectivity index is 1.92. The van der Waals surface area contributed by atoms with Gasteiger partial charge in [0.25, 0.3) is 0 Å². The van der Waals surface area contributed by atoms with E-state index < -0.39 is 0 Å². The summed E-state index contributed by atoms with van der Waals surface area (Å²) >= 11 is 0. The minimum Gasteiger partial charge on any atom is -0.472 e. The van der Waals surface area contributed by atoms with E-state index >= 15 is 0 Å². The largest absolute Gasteiger partial charge is 0.472 e. The molecule has 0 aliphatic heterocycles. The summed E-state index contributed by atoms with van der Waals surface area (Å²) in [5.74, 6) is 1.82. The Labute approximate surface area is 111 Å². The highest BCUT2D eigenvalue weighted by atomic mass is 16.3. The van der Waals surface area contributed by atoms with Crippen LogP contribution < -0.4 is 5.32 Å². The highest BCUT2D eigenvalue weighted by molar-refractivity contribution is 5.08. The second kappa shape index (κ2) is 6.98. The summed E-state index contributed by atoms with van der Waals surface area (Å²) < 4.78 is 5.20. The van der Waals surface area contributed by atoms with Crippen molar-refractivity contribution in [3.8, 4) is 0 Å². The average Bonchev–Trinajstić information content (AvgIpc) is 3.05. The van der Waals surface area contributed by atoms with Crippen molar-refractivity contribution in [3.05, 3.63) is 24.2 Å². The van der Waals surface area contributed by atoms with Gasteiger partial charge in [0.1, 0.15) is 0 Å². The Bertz CT molecular complexity index is 320.